The van der Waals surface area contributed by atoms with Gasteiger partial charge >= 0.3 is 6.18 Å². The molecule has 0 spiro atoms. The summed E-state index contributed by atoms with van der Waals surface area (Å²) >= 11 is 3.24. The number of aromatic nitrogens is 3. The molecule has 4 aromatic rings. The van der Waals surface area contributed by atoms with Gasteiger partial charge in [0.2, 0.25) is 0 Å². The van der Waals surface area contributed by atoms with Crippen molar-refractivity contribution in [3.63, 3.8) is 0 Å². The maximum atomic E-state index is 12.9. The highest BCUT2D eigenvalue weighted by atomic mass is 79.9. The van der Waals surface area contributed by atoms with E-state index in [-0.39, 0.29) is 16.7 Å². The van der Waals surface area contributed by atoms with Gasteiger partial charge in [0.15, 0.2) is 11.3 Å². The van der Waals surface area contributed by atoms with Crippen LogP contribution < -0.4 is 5.23 Å². The number of hydrogen-bond acceptors (Lipinski definition) is 4. The minimum atomic E-state index is -4.48. The second kappa shape index (κ2) is 5.36. The van der Waals surface area contributed by atoms with Crippen LogP contribution in [0.2, 0.25) is 0 Å². The number of rotatable bonds is 1. The zero-order valence-electron chi connectivity index (χ0n) is 12.1. The number of alkyl halides is 3. The van der Waals surface area contributed by atoms with Crippen molar-refractivity contribution in [2.45, 2.75) is 6.18 Å². The SMILES string of the molecule is [O-][NH+](O)c1cc(Br)cc2c1[nH]c1nc3ccc(C(F)(F)F)cc3nc12. The first kappa shape index (κ1) is 16.2. The van der Waals surface area contributed by atoms with Crippen molar-refractivity contribution in [1.82, 2.24) is 15.0 Å². The van der Waals surface area contributed by atoms with E-state index < -0.39 is 17.0 Å². The van der Waals surface area contributed by atoms with Gasteiger partial charge in [-0.15, -0.1) is 0 Å². The number of nitrogens with zero attached hydrogens (tertiary/aromatic N) is 2. The van der Waals surface area contributed by atoms with Gasteiger partial charge in [-0.2, -0.15) is 18.4 Å². The van der Waals surface area contributed by atoms with Crippen LogP contribution >= 0.6 is 15.9 Å². The number of hydrogen-bond donors (Lipinski definition) is 3. The van der Waals surface area contributed by atoms with Gasteiger partial charge in [0.25, 0.3) is 0 Å². The van der Waals surface area contributed by atoms with Crippen molar-refractivity contribution >= 4 is 54.7 Å². The lowest BCUT2D eigenvalue weighted by atomic mass is 10.1. The minimum absolute atomic E-state index is 0.0178. The number of halogens is 4. The average molecular weight is 413 g/mol. The fraction of sp³-hybridized carbons (Fsp3) is 0.0667. The summed E-state index contributed by atoms with van der Waals surface area (Å²) in [7, 11) is 0. The van der Waals surface area contributed by atoms with Gasteiger partial charge < -0.3 is 10.2 Å². The Morgan fingerprint density at radius 3 is 2.56 bits per heavy atom. The number of nitrogens with one attached hydrogen (secondary N) is 2. The standard InChI is InChI=1S/C15H8BrF3N4O2/c16-7-4-8-12(11(5-7)23(24)25)22-14-13(8)20-10-3-6(15(17,18)19)1-2-9(10)21-14/h1-5,23-24H,(H,21,22). The molecule has 0 saturated carbocycles. The predicted octanol–water partition coefficient (Wildman–Crippen LogP) is 3.45. The smallest absolute Gasteiger partial charge is 0.416 e. The molecule has 0 aliphatic carbocycles. The molecule has 2 aromatic carbocycles. The molecular weight excluding hydrogens is 405 g/mol. The van der Waals surface area contributed by atoms with Gasteiger partial charge in [0.1, 0.15) is 11.0 Å². The molecule has 6 nitrogen and oxygen atoms in total. The lowest BCUT2D eigenvalue weighted by Gasteiger charge is -2.12. The highest BCUT2D eigenvalue weighted by Crippen LogP contribution is 2.33. The number of aromatic amines is 1. The van der Waals surface area contributed by atoms with E-state index in [2.05, 4.69) is 30.9 Å². The van der Waals surface area contributed by atoms with E-state index in [0.29, 0.717) is 26.5 Å². The van der Waals surface area contributed by atoms with E-state index in [1.807, 2.05) is 0 Å². The van der Waals surface area contributed by atoms with E-state index in [1.165, 1.54) is 12.1 Å². The van der Waals surface area contributed by atoms with Crippen LogP contribution in [-0.4, -0.2) is 20.2 Å². The molecule has 4 rings (SSSR count). The summed E-state index contributed by atoms with van der Waals surface area (Å²) in [5, 5.41) is 20.1. The molecule has 2 aromatic heterocycles. The average Bonchev–Trinajstić information content (AvgIpc) is 2.87. The van der Waals surface area contributed by atoms with E-state index in [4.69, 9.17) is 0 Å². The molecule has 0 radical (unpaired) electrons. The van der Waals surface area contributed by atoms with Crippen LogP contribution in [0.25, 0.3) is 33.1 Å². The van der Waals surface area contributed by atoms with Gasteiger partial charge in [-0.1, -0.05) is 15.9 Å². The lowest BCUT2D eigenvalue weighted by molar-refractivity contribution is -0.990. The van der Waals surface area contributed by atoms with Crippen molar-refractivity contribution in [2.24, 2.45) is 0 Å². The summed E-state index contributed by atoms with van der Waals surface area (Å²) in [5.74, 6) is 0. The number of benzene rings is 2. The van der Waals surface area contributed by atoms with Gasteiger partial charge in [0, 0.05) is 15.9 Å². The Morgan fingerprint density at radius 1 is 1.12 bits per heavy atom. The highest BCUT2D eigenvalue weighted by Gasteiger charge is 2.30. The maximum Gasteiger partial charge on any atom is 0.416 e. The molecule has 10 heteroatoms. The lowest BCUT2D eigenvalue weighted by Crippen LogP contribution is -2.99. The third kappa shape index (κ3) is 2.63. The van der Waals surface area contributed by atoms with Crippen LogP contribution in [-0.2, 0) is 6.18 Å². The fourth-order valence-electron chi connectivity index (χ4n) is 2.72. The van der Waals surface area contributed by atoms with Crippen LogP contribution in [0, 0.1) is 5.21 Å². The molecule has 128 valence electrons. The Labute approximate surface area is 145 Å². The van der Waals surface area contributed by atoms with E-state index >= 15 is 0 Å². The minimum Gasteiger partial charge on any atom is -0.595 e. The monoisotopic (exact) mass is 412 g/mol. The van der Waals surface area contributed by atoms with Gasteiger partial charge in [0.05, 0.1) is 16.6 Å². The van der Waals surface area contributed by atoms with E-state index in [1.54, 1.807) is 6.07 Å². The van der Waals surface area contributed by atoms with Crippen molar-refractivity contribution in [1.29, 1.82) is 0 Å². The molecule has 1 atom stereocenters. The summed E-state index contributed by atoms with van der Waals surface area (Å²) in [6.45, 7) is 0. The first-order valence-electron chi connectivity index (χ1n) is 6.97. The molecule has 0 saturated heterocycles. The van der Waals surface area contributed by atoms with Gasteiger partial charge in [-0.25, -0.2) is 15.2 Å². The third-order valence-corrected chi connectivity index (χ3v) is 4.28. The first-order chi connectivity index (χ1) is 11.7. The summed E-state index contributed by atoms with van der Waals surface area (Å²) in [6.07, 6.45) is -4.48. The van der Waals surface area contributed by atoms with Crippen LogP contribution in [0.5, 0.6) is 0 Å². The third-order valence-electron chi connectivity index (χ3n) is 3.82. The molecular formula is C15H8BrF3N4O2. The van der Waals surface area contributed by atoms with Crippen molar-refractivity contribution in [2.75, 3.05) is 0 Å². The summed E-state index contributed by atoms with van der Waals surface area (Å²) in [5.41, 5.74) is 0.499. The molecule has 0 aliphatic heterocycles. The fourth-order valence-corrected chi connectivity index (χ4v) is 3.18. The number of H-pyrrole nitrogens is 1. The van der Waals surface area contributed by atoms with Crippen LogP contribution in [0.3, 0.4) is 0 Å². The second-order valence-corrected chi connectivity index (χ2v) is 6.34. The van der Waals surface area contributed by atoms with Crippen LogP contribution in [0.4, 0.5) is 18.9 Å². The van der Waals surface area contributed by atoms with Gasteiger partial charge in [-0.05, 0) is 24.3 Å². The molecule has 0 bridgehead atoms. The Balaban J connectivity index is 2.08. The Hall–Kier alpha value is -2.27. The predicted molar refractivity (Wildman–Crippen MR) is 87.4 cm³/mol. The largest absolute Gasteiger partial charge is 0.595 e. The van der Waals surface area contributed by atoms with Crippen LogP contribution in [0.1, 0.15) is 5.56 Å². The topological polar surface area (TPSA) is 89.3 Å². The zero-order valence-corrected chi connectivity index (χ0v) is 13.7. The first-order valence-corrected chi connectivity index (χ1v) is 7.76. The number of fused-ring (bicyclic) bond motifs is 4. The molecule has 0 amide bonds. The molecule has 2 heterocycles. The summed E-state index contributed by atoms with van der Waals surface area (Å²) in [6, 6.07) is 6.18. The molecule has 0 aliphatic rings. The quantitative estimate of drug-likeness (QED) is 0.417. The zero-order chi connectivity index (χ0) is 17.9. The van der Waals surface area contributed by atoms with Crippen LogP contribution in [0.15, 0.2) is 34.8 Å². The summed E-state index contributed by atoms with van der Waals surface area (Å²) < 4.78 is 39.2. The maximum absolute atomic E-state index is 12.9. The Morgan fingerprint density at radius 2 is 1.88 bits per heavy atom. The molecule has 3 N–H and O–H groups in total. The highest BCUT2D eigenvalue weighted by molar-refractivity contribution is 9.10. The second-order valence-electron chi connectivity index (χ2n) is 5.43. The van der Waals surface area contributed by atoms with Gasteiger partial charge in [-0.3, -0.25) is 0 Å². The summed E-state index contributed by atoms with van der Waals surface area (Å²) in [4.78, 5) is 11.4. The van der Waals surface area contributed by atoms with E-state index in [9.17, 15) is 23.6 Å². The van der Waals surface area contributed by atoms with Crippen molar-refractivity contribution in [3.05, 3.63) is 45.6 Å². The molecule has 25 heavy (non-hydrogen) atoms. The van der Waals surface area contributed by atoms with Crippen molar-refractivity contribution < 1.29 is 23.6 Å². The van der Waals surface area contributed by atoms with Crippen molar-refractivity contribution in [3.8, 4) is 0 Å². The molecule has 0 fully saturated rings. The Kier molecular flexibility index (Phi) is 3.48. The van der Waals surface area contributed by atoms with E-state index in [0.717, 1.165) is 12.1 Å². The normalized spacial score (nSPS) is 13.8. The number of quaternary nitrogens is 1. The molecule has 1 unspecified atom stereocenters. The Bertz CT molecular complexity index is 1140.